The topological polar surface area (TPSA) is 90.9 Å². The summed E-state index contributed by atoms with van der Waals surface area (Å²) >= 11 is 1.71. The van der Waals surface area contributed by atoms with Gasteiger partial charge in [-0.15, -0.1) is 11.8 Å². The molecule has 1 N–H and O–H groups in total. The molecular formula is C20H25N5O3S. The Morgan fingerprint density at radius 2 is 1.86 bits per heavy atom. The summed E-state index contributed by atoms with van der Waals surface area (Å²) in [5.41, 5.74) is 1.18. The Bertz CT molecular complexity index is 1130. The first-order valence-corrected chi connectivity index (χ1v) is 10.4. The van der Waals surface area contributed by atoms with Gasteiger partial charge in [0.05, 0.1) is 6.33 Å². The number of imidazole rings is 1. The number of rotatable bonds is 8. The minimum atomic E-state index is -0.407. The lowest BCUT2D eigenvalue weighted by Gasteiger charge is -2.08. The smallest absolute Gasteiger partial charge is 0.332 e. The van der Waals surface area contributed by atoms with Crippen molar-refractivity contribution in [3.63, 3.8) is 0 Å². The first-order chi connectivity index (χ1) is 13.9. The summed E-state index contributed by atoms with van der Waals surface area (Å²) in [6.45, 7) is 3.14. The van der Waals surface area contributed by atoms with Gasteiger partial charge in [0.15, 0.2) is 11.2 Å². The number of amides is 1. The second-order valence-corrected chi connectivity index (χ2v) is 8.10. The van der Waals surface area contributed by atoms with Gasteiger partial charge in [-0.3, -0.25) is 18.7 Å². The number of carbonyl (C=O) groups is 1. The monoisotopic (exact) mass is 415 g/mol. The molecule has 0 unspecified atom stereocenters. The Labute approximate surface area is 172 Å². The number of carbonyl (C=O) groups excluding carboxylic acids is 1. The third-order valence-corrected chi connectivity index (χ3v) is 5.75. The summed E-state index contributed by atoms with van der Waals surface area (Å²) in [5, 5.41) is 2.92. The predicted molar refractivity (Wildman–Crippen MR) is 114 cm³/mol. The molecular weight excluding hydrogens is 390 g/mol. The van der Waals surface area contributed by atoms with Crippen LogP contribution in [0.15, 0.2) is 45.1 Å². The number of aryl methyl sites for hydroxylation is 3. The van der Waals surface area contributed by atoms with Gasteiger partial charge in [-0.25, -0.2) is 9.78 Å². The number of fused-ring (bicyclic) bond motifs is 1. The second kappa shape index (κ2) is 9.13. The molecule has 1 amide bonds. The molecule has 0 aliphatic heterocycles. The summed E-state index contributed by atoms with van der Waals surface area (Å²) < 4.78 is 4.13. The number of aromatic nitrogens is 4. The van der Waals surface area contributed by atoms with Crippen molar-refractivity contribution in [2.45, 2.75) is 31.2 Å². The highest BCUT2D eigenvalue weighted by molar-refractivity contribution is 7.99. The van der Waals surface area contributed by atoms with Crippen molar-refractivity contribution in [2.24, 2.45) is 14.1 Å². The van der Waals surface area contributed by atoms with E-state index in [9.17, 15) is 14.4 Å². The van der Waals surface area contributed by atoms with Crippen molar-refractivity contribution in [3.8, 4) is 0 Å². The normalized spacial score (nSPS) is 11.1. The van der Waals surface area contributed by atoms with Crippen LogP contribution >= 0.6 is 11.8 Å². The van der Waals surface area contributed by atoms with Gasteiger partial charge in [0, 0.05) is 44.3 Å². The molecule has 0 radical (unpaired) electrons. The number of benzene rings is 1. The van der Waals surface area contributed by atoms with Gasteiger partial charge in [-0.2, -0.15) is 0 Å². The molecule has 8 nitrogen and oxygen atoms in total. The number of thioether (sulfide) groups is 1. The van der Waals surface area contributed by atoms with Crippen LogP contribution in [0.4, 0.5) is 0 Å². The lowest BCUT2D eigenvalue weighted by Crippen LogP contribution is -2.37. The van der Waals surface area contributed by atoms with E-state index in [1.807, 2.05) is 0 Å². The van der Waals surface area contributed by atoms with Crippen LogP contribution in [0.2, 0.25) is 0 Å². The third kappa shape index (κ3) is 4.79. The molecule has 0 fully saturated rings. The van der Waals surface area contributed by atoms with Crippen molar-refractivity contribution in [3.05, 3.63) is 57.0 Å². The standard InChI is InChI=1S/C20H25N5O3S/c1-14-6-8-15(9-7-14)29-12-10-21-16(26)5-4-11-25-13-22-18-17(25)19(27)24(3)20(28)23(18)2/h6-9,13H,4-5,10-12H2,1-3H3,(H,21,26). The van der Waals surface area contributed by atoms with Crippen molar-refractivity contribution >= 4 is 28.8 Å². The van der Waals surface area contributed by atoms with E-state index in [2.05, 4.69) is 41.5 Å². The van der Waals surface area contributed by atoms with E-state index in [1.54, 1.807) is 29.7 Å². The maximum Gasteiger partial charge on any atom is 0.332 e. The van der Waals surface area contributed by atoms with E-state index in [-0.39, 0.29) is 11.5 Å². The van der Waals surface area contributed by atoms with Gasteiger partial charge in [0.1, 0.15) is 0 Å². The van der Waals surface area contributed by atoms with Gasteiger partial charge in [0.2, 0.25) is 5.91 Å². The first-order valence-electron chi connectivity index (χ1n) is 9.45. The fourth-order valence-corrected chi connectivity index (χ4v) is 3.83. The average Bonchev–Trinajstić information content (AvgIpc) is 3.13. The molecule has 0 saturated heterocycles. The Hall–Kier alpha value is -2.81. The van der Waals surface area contributed by atoms with Crippen LogP contribution in [0, 0.1) is 6.92 Å². The van der Waals surface area contributed by atoms with Crippen molar-refractivity contribution in [2.75, 3.05) is 12.3 Å². The van der Waals surface area contributed by atoms with Gasteiger partial charge in [0.25, 0.3) is 5.56 Å². The highest BCUT2D eigenvalue weighted by Gasteiger charge is 2.14. The Balaban J connectivity index is 1.47. The summed E-state index contributed by atoms with van der Waals surface area (Å²) in [5.74, 6) is 0.796. The summed E-state index contributed by atoms with van der Waals surface area (Å²) in [6, 6.07) is 8.31. The molecule has 3 aromatic rings. The minimum absolute atomic E-state index is 0.0146. The SMILES string of the molecule is Cc1ccc(SCCNC(=O)CCCn2cnc3c2c(=O)n(C)c(=O)n3C)cc1. The molecule has 1 aromatic carbocycles. The Morgan fingerprint density at radius 3 is 2.59 bits per heavy atom. The molecule has 9 heteroatoms. The quantitative estimate of drug-likeness (QED) is 0.444. The third-order valence-electron chi connectivity index (χ3n) is 4.73. The summed E-state index contributed by atoms with van der Waals surface area (Å²) in [7, 11) is 3.03. The molecule has 2 heterocycles. The summed E-state index contributed by atoms with van der Waals surface area (Å²) in [4.78, 5) is 41.8. The van der Waals surface area contributed by atoms with Crippen LogP contribution < -0.4 is 16.6 Å². The van der Waals surface area contributed by atoms with E-state index < -0.39 is 5.69 Å². The number of hydrogen-bond acceptors (Lipinski definition) is 5. The second-order valence-electron chi connectivity index (χ2n) is 6.93. The largest absolute Gasteiger partial charge is 0.355 e. The molecule has 2 aromatic heterocycles. The van der Waals surface area contributed by atoms with Gasteiger partial charge in [-0.1, -0.05) is 17.7 Å². The number of hydrogen-bond donors (Lipinski definition) is 1. The van der Waals surface area contributed by atoms with Crippen LogP contribution in [0.25, 0.3) is 11.2 Å². The molecule has 0 saturated carbocycles. The zero-order valence-electron chi connectivity index (χ0n) is 16.8. The lowest BCUT2D eigenvalue weighted by molar-refractivity contribution is -0.121. The molecule has 0 bridgehead atoms. The maximum absolute atomic E-state index is 12.4. The number of nitrogens with zero attached hydrogens (tertiary/aromatic N) is 4. The Morgan fingerprint density at radius 1 is 1.14 bits per heavy atom. The van der Waals surface area contributed by atoms with E-state index in [0.717, 1.165) is 10.3 Å². The lowest BCUT2D eigenvalue weighted by atomic mass is 10.2. The highest BCUT2D eigenvalue weighted by atomic mass is 32.2. The zero-order valence-corrected chi connectivity index (χ0v) is 17.7. The predicted octanol–water partition coefficient (Wildman–Crippen LogP) is 1.43. The minimum Gasteiger partial charge on any atom is -0.355 e. The number of nitrogens with one attached hydrogen (secondary N) is 1. The molecule has 0 aliphatic rings. The van der Waals surface area contributed by atoms with E-state index in [4.69, 9.17) is 0 Å². The van der Waals surface area contributed by atoms with E-state index in [1.165, 1.54) is 22.1 Å². The molecule has 3 rings (SSSR count). The van der Waals surface area contributed by atoms with Crippen LogP contribution in [-0.4, -0.2) is 36.9 Å². The van der Waals surface area contributed by atoms with Gasteiger partial charge >= 0.3 is 5.69 Å². The maximum atomic E-state index is 12.4. The highest BCUT2D eigenvalue weighted by Crippen LogP contribution is 2.17. The van der Waals surface area contributed by atoms with Crippen molar-refractivity contribution in [1.82, 2.24) is 24.0 Å². The van der Waals surface area contributed by atoms with Crippen LogP contribution in [0.3, 0.4) is 0 Å². The average molecular weight is 416 g/mol. The molecule has 0 spiro atoms. The van der Waals surface area contributed by atoms with Crippen molar-refractivity contribution in [1.29, 1.82) is 0 Å². The molecule has 29 heavy (non-hydrogen) atoms. The molecule has 0 atom stereocenters. The Kier molecular flexibility index (Phi) is 6.58. The fourth-order valence-electron chi connectivity index (χ4n) is 3.06. The first kappa shape index (κ1) is 20.9. The fraction of sp³-hybridized carbons (Fsp3) is 0.400. The molecule has 0 aliphatic carbocycles. The van der Waals surface area contributed by atoms with E-state index in [0.29, 0.717) is 37.1 Å². The van der Waals surface area contributed by atoms with Gasteiger partial charge in [-0.05, 0) is 25.5 Å². The van der Waals surface area contributed by atoms with Crippen LogP contribution in [-0.2, 0) is 25.4 Å². The van der Waals surface area contributed by atoms with Crippen LogP contribution in [0.5, 0.6) is 0 Å². The zero-order chi connectivity index (χ0) is 21.0. The van der Waals surface area contributed by atoms with E-state index >= 15 is 0 Å². The summed E-state index contributed by atoms with van der Waals surface area (Å²) in [6.07, 6.45) is 2.48. The van der Waals surface area contributed by atoms with Crippen molar-refractivity contribution < 1.29 is 4.79 Å². The van der Waals surface area contributed by atoms with Crippen LogP contribution in [0.1, 0.15) is 18.4 Å². The molecule has 154 valence electrons. The van der Waals surface area contributed by atoms with Gasteiger partial charge < -0.3 is 9.88 Å².